The third-order valence-corrected chi connectivity index (χ3v) is 5.56. The quantitative estimate of drug-likeness (QED) is 0.172. The minimum absolute atomic E-state index is 0.0954. The van der Waals surface area contributed by atoms with Crippen LogP contribution in [0.5, 0.6) is 0 Å². The second kappa shape index (κ2) is 15.0. The van der Waals surface area contributed by atoms with Crippen LogP contribution < -0.4 is 27.4 Å². The highest BCUT2D eigenvalue weighted by molar-refractivity contribution is 5.78. The Bertz CT molecular complexity index is 784. The Hall–Kier alpha value is -2.76. The lowest BCUT2D eigenvalue weighted by Crippen LogP contribution is -2.52. The number of alkyl carbamates (subject to hydrolysis) is 2. The van der Waals surface area contributed by atoms with Crippen LogP contribution >= 0.6 is 0 Å². The van der Waals surface area contributed by atoms with Crippen molar-refractivity contribution in [2.45, 2.75) is 117 Å². The molecule has 0 aliphatic carbocycles. The van der Waals surface area contributed by atoms with Gasteiger partial charge in [-0.1, -0.05) is 20.8 Å². The molecule has 0 spiro atoms. The van der Waals surface area contributed by atoms with Crippen LogP contribution in [0.15, 0.2) is 0 Å². The zero-order chi connectivity index (χ0) is 29.8. The molecule has 0 aliphatic heterocycles. The molecule has 4 amide bonds. The molecule has 0 aromatic heterocycles. The van der Waals surface area contributed by atoms with Crippen LogP contribution in [-0.2, 0) is 19.0 Å². The summed E-state index contributed by atoms with van der Waals surface area (Å²) in [5.41, 5.74) is 7.96. The second-order valence-electron chi connectivity index (χ2n) is 12.5. The van der Waals surface area contributed by atoms with Crippen molar-refractivity contribution in [3.63, 3.8) is 0 Å². The molecule has 0 rings (SSSR count). The summed E-state index contributed by atoms with van der Waals surface area (Å²) in [5.74, 6) is -0.374. The highest BCUT2D eigenvalue weighted by atomic mass is 16.6. The molecule has 0 heterocycles. The molecule has 12 nitrogen and oxygen atoms in total. The number of amides is 4. The van der Waals surface area contributed by atoms with Gasteiger partial charge in [0.2, 0.25) is 5.91 Å². The Morgan fingerprint density at radius 1 is 0.789 bits per heavy atom. The molecule has 222 valence electrons. The molecule has 2 atom stereocenters. The van der Waals surface area contributed by atoms with Crippen LogP contribution in [0, 0.1) is 5.41 Å². The molecule has 0 bridgehead atoms. The first-order valence-electron chi connectivity index (χ1n) is 13.1. The maximum atomic E-state index is 13.0. The van der Waals surface area contributed by atoms with Gasteiger partial charge in [0, 0.05) is 24.5 Å². The lowest BCUT2D eigenvalue weighted by Gasteiger charge is -2.43. The smallest absolute Gasteiger partial charge is 0.407 e. The van der Waals surface area contributed by atoms with Gasteiger partial charge in [-0.05, 0) is 73.8 Å². The first-order valence-corrected chi connectivity index (χ1v) is 13.1. The number of rotatable bonds is 13. The van der Waals surface area contributed by atoms with Crippen LogP contribution in [0.25, 0.3) is 0 Å². The minimum Gasteiger partial charge on any atom is -0.444 e. The number of hydrogen-bond acceptors (Lipinski definition) is 8. The van der Waals surface area contributed by atoms with Crippen molar-refractivity contribution >= 4 is 24.2 Å². The van der Waals surface area contributed by atoms with Crippen LogP contribution in [-0.4, -0.2) is 66.7 Å². The van der Waals surface area contributed by atoms with Crippen LogP contribution in [0.1, 0.15) is 94.4 Å². The van der Waals surface area contributed by atoms with E-state index in [-0.39, 0.29) is 18.9 Å². The van der Waals surface area contributed by atoms with Crippen LogP contribution in [0.2, 0.25) is 0 Å². The second-order valence-corrected chi connectivity index (χ2v) is 12.5. The van der Waals surface area contributed by atoms with Crippen molar-refractivity contribution in [1.82, 2.24) is 16.0 Å². The normalized spacial score (nSPS) is 14.5. The maximum absolute atomic E-state index is 13.0. The zero-order valence-corrected chi connectivity index (χ0v) is 24.7. The molecule has 7 N–H and O–H groups in total. The largest absolute Gasteiger partial charge is 0.444 e. The summed E-state index contributed by atoms with van der Waals surface area (Å²) in [6.07, 6.45) is -0.419. The molecule has 38 heavy (non-hydrogen) atoms. The average Bonchev–Trinajstić information content (AvgIpc) is 2.69. The number of nitrogens with one attached hydrogen (secondary N) is 3. The maximum Gasteiger partial charge on any atom is 0.407 e. The summed E-state index contributed by atoms with van der Waals surface area (Å²) in [6.45, 7) is 16.9. The average molecular weight is 546 g/mol. The summed E-state index contributed by atoms with van der Waals surface area (Å²) in [4.78, 5) is 49.0. The molecule has 0 radical (unpaired) electrons. The van der Waals surface area contributed by atoms with Gasteiger partial charge in [0.25, 0.3) is 0 Å². The van der Waals surface area contributed by atoms with E-state index in [0.29, 0.717) is 38.8 Å². The summed E-state index contributed by atoms with van der Waals surface area (Å²) in [6, 6.07) is -0.487. The lowest BCUT2D eigenvalue weighted by atomic mass is 9.71. The van der Waals surface area contributed by atoms with E-state index >= 15 is 0 Å². The van der Waals surface area contributed by atoms with E-state index in [9.17, 15) is 19.2 Å². The molecule has 0 saturated carbocycles. The van der Waals surface area contributed by atoms with E-state index in [1.807, 2.05) is 20.8 Å². The van der Waals surface area contributed by atoms with Gasteiger partial charge in [-0.15, -0.1) is 0 Å². The van der Waals surface area contributed by atoms with Crippen molar-refractivity contribution in [1.29, 1.82) is 0 Å². The Morgan fingerprint density at radius 2 is 1.34 bits per heavy atom. The fraction of sp³-hybridized carbons (Fsp3) is 0.846. The van der Waals surface area contributed by atoms with Gasteiger partial charge in [-0.2, -0.15) is 0 Å². The topological polar surface area (TPSA) is 184 Å². The van der Waals surface area contributed by atoms with Crippen molar-refractivity contribution in [3.8, 4) is 0 Å². The molecule has 0 unspecified atom stereocenters. The molecule has 0 fully saturated rings. The standard InChI is InChI=1S/C26H51N5O7/c1-23(2,3)26(13-11-14-27,36-20(28)33)16-19(32)30-17-18(31-22(35)38-25(7,8)9)12-10-15-29-21(34)37-24(4,5)6/h18H,10-17,27H2,1-9H3,(H2,28,33)(H,29,34)(H,30,32)(H,31,35)/t18-,26-/m0/s1. The zero-order valence-electron chi connectivity index (χ0n) is 24.7. The van der Waals surface area contributed by atoms with E-state index in [1.54, 1.807) is 41.5 Å². The predicted octanol–water partition coefficient (Wildman–Crippen LogP) is 3.31. The number of primary amides is 1. The molecule has 0 aliphatic rings. The van der Waals surface area contributed by atoms with Gasteiger partial charge >= 0.3 is 18.3 Å². The Morgan fingerprint density at radius 3 is 1.82 bits per heavy atom. The van der Waals surface area contributed by atoms with E-state index in [2.05, 4.69) is 16.0 Å². The van der Waals surface area contributed by atoms with Crippen molar-refractivity contribution in [3.05, 3.63) is 0 Å². The van der Waals surface area contributed by atoms with Crippen molar-refractivity contribution in [2.75, 3.05) is 19.6 Å². The predicted molar refractivity (Wildman–Crippen MR) is 145 cm³/mol. The number of hydrogen-bond donors (Lipinski definition) is 5. The molecule has 0 saturated heterocycles. The Balaban J connectivity index is 5.34. The lowest BCUT2D eigenvalue weighted by molar-refractivity contribution is -0.134. The van der Waals surface area contributed by atoms with Gasteiger partial charge in [-0.25, -0.2) is 14.4 Å². The number of nitrogens with two attached hydrogens (primary N) is 2. The summed E-state index contributed by atoms with van der Waals surface area (Å²) in [7, 11) is 0. The monoisotopic (exact) mass is 545 g/mol. The van der Waals surface area contributed by atoms with E-state index in [1.165, 1.54) is 0 Å². The van der Waals surface area contributed by atoms with Gasteiger partial charge < -0.3 is 41.6 Å². The molecular weight excluding hydrogens is 494 g/mol. The third kappa shape index (κ3) is 15.5. The highest BCUT2D eigenvalue weighted by Crippen LogP contribution is 2.40. The molecule has 0 aromatic carbocycles. The van der Waals surface area contributed by atoms with E-state index in [4.69, 9.17) is 25.7 Å². The van der Waals surface area contributed by atoms with E-state index in [0.717, 1.165) is 0 Å². The molecular formula is C26H51N5O7. The highest BCUT2D eigenvalue weighted by Gasteiger charge is 2.46. The summed E-state index contributed by atoms with van der Waals surface area (Å²) >= 11 is 0. The minimum atomic E-state index is -1.16. The Labute approximate surface area is 227 Å². The van der Waals surface area contributed by atoms with Gasteiger partial charge in [-0.3, -0.25) is 4.79 Å². The van der Waals surface area contributed by atoms with Crippen LogP contribution in [0.3, 0.4) is 0 Å². The Kier molecular flexibility index (Phi) is 13.9. The fourth-order valence-electron chi connectivity index (χ4n) is 3.66. The van der Waals surface area contributed by atoms with Crippen molar-refractivity contribution in [2.24, 2.45) is 16.9 Å². The van der Waals surface area contributed by atoms with Crippen molar-refractivity contribution < 1.29 is 33.4 Å². The first kappa shape index (κ1) is 35.2. The van der Waals surface area contributed by atoms with Crippen LogP contribution in [0.4, 0.5) is 14.4 Å². The molecule has 0 aromatic rings. The number of carbonyl (C=O) groups is 4. The SMILES string of the molecule is CC(C)(C)OC(=O)NCCC[C@@H](CNC(=O)C[C@](CCCN)(OC(N)=O)C(C)(C)C)NC(=O)OC(C)(C)C. The first-order chi connectivity index (χ1) is 17.2. The summed E-state index contributed by atoms with van der Waals surface area (Å²) in [5, 5.41) is 8.27. The third-order valence-electron chi connectivity index (χ3n) is 5.56. The molecule has 12 heteroatoms. The fourth-order valence-corrected chi connectivity index (χ4v) is 3.66. The number of ether oxygens (including phenoxy) is 3. The van der Waals surface area contributed by atoms with E-state index < -0.39 is 46.5 Å². The van der Waals surface area contributed by atoms with Gasteiger partial charge in [0.05, 0.1) is 6.42 Å². The summed E-state index contributed by atoms with van der Waals surface area (Å²) < 4.78 is 16.1. The van der Waals surface area contributed by atoms with Gasteiger partial charge in [0.1, 0.15) is 16.8 Å². The number of carbonyl (C=O) groups excluding carboxylic acids is 4. The van der Waals surface area contributed by atoms with Gasteiger partial charge in [0.15, 0.2) is 0 Å².